The monoisotopic (exact) mass is 254 g/mol. The highest BCUT2D eigenvalue weighted by atomic mass is 14.9. The summed E-state index contributed by atoms with van der Waals surface area (Å²) in [6, 6.07) is 11.4. The summed E-state index contributed by atoms with van der Waals surface area (Å²) in [5.74, 6) is 0. The van der Waals surface area contributed by atoms with Crippen molar-refractivity contribution >= 4 is 0 Å². The van der Waals surface area contributed by atoms with Crippen LogP contribution in [0.3, 0.4) is 0 Å². The molecule has 0 amide bonds. The molecule has 1 atom stereocenters. The zero-order valence-electron chi connectivity index (χ0n) is 12.0. The smallest absolute Gasteiger partial charge is 0.0362 e. The Balaban J connectivity index is 2.17. The van der Waals surface area contributed by atoms with E-state index in [-0.39, 0.29) is 0 Å². The van der Waals surface area contributed by atoms with Crippen LogP contribution in [0.4, 0.5) is 0 Å². The third-order valence-electron chi connectivity index (χ3n) is 3.66. The molecule has 0 radical (unpaired) electrons. The van der Waals surface area contributed by atoms with Crippen molar-refractivity contribution in [1.29, 1.82) is 0 Å². The molecule has 0 aliphatic rings. The van der Waals surface area contributed by atoms with Gasteiger partial charge in [0.2, 0.25) is 0 Å². The standard InChI is InChI=1S/C17H22N2/c1-4-14-5-7-15(8-6-14)11-17(18-3)16-9-10-19-12-13(16)2/h5-10,12,17-18H,4,11H2,1-3H3. The number of hydrogen-bond donors (Lipinski definition) is 1. The van der Waals surface area contributed by atoms with Crippen LogP contribution in [0.1, 0.15) is 35.2 Å². The van der Waals surface area contributed by atoms with Crippen molar-refractivity contribution in [3.8, 4) is 0 Å². The second-order valence-electron chi connectivity index (χ2n) is 4.95. The molecule has 1 heterocycles. The van der Waals surface area contributed by atoms with Gasteiger partial charge in [0.25, 0.3) is 0 Å². The van der Waals surface area contributed by atoms with E-state index < -0.39 is 0 Å². The largest absolute Gasteiger partial charge is 0.313 e. The number of pyridine rings is 1. The van der Waals surface area contributed by atoms with E-state index in [1.54, 1.807) is 0 Å². The highest BCUT2D eigenvalue weighted by molar-refractivity contribution is 5.29. The van der Waals surface area contributed by atoms with Crippen molar-refractivity contribution in [3.63, 3.8) is 0 Å². The van der Waals surface area contributed by atoms with Crippen molar-refractivity contribution in [1.82, 2.24) is 10.3 Å². The van der Waals surface area contributed by atoms with Crippen LogP contribution in [0.15, 0.2) is 42.7 Å². The van der Waals surface area contributed by atoms with Gasteiger partial charge in [-0.25, -0.2) is 0 Å². The summed E-state index contributed by atoms with van der Waals surface area (Å²) in [7, 11) is 2.02. The van der Waals surface area contributed by atoms with Crippen LogP contribution in [-0.2, 0) is 12.8 Å². The molecule has 0 spiro atoms. The fourth-order valence-corrected chi connectivity index (χ4v) is 2.39. The molecule has 0 fully saturated rings. The van der Waals surface area contributed by atoms with E-state index in [1.165, 1.54) is 22.3 Å². The van der Waals surface area contributed by atoms with Gasteiger partial charge in [-0.15, -0.1) is 0 Å². The maximum Gasteiger partial charge on any atom is 0.0362 e. The molecular weight excluding hydrogens is 232 g/mol. The number of nitrogens with zero attached hydrogens (tertiary/aromatic N) is 1. The Hall–Kier alpha value is -1.67. The van der Waals surface area contributed by atoms with Crippen molar-refractivity contribution < 1.29 is 0 Å². The minimum absolute atomic E-state index is 0.343. The highest BCUT2D eigenvalue weighted by Crippen LogP contribution is 2.21. The number of hydrogen-bond acceptors (Lipinski definition) is 2. The molecule has 2 aromatic rings. The Morgan fingerprint density at radius 1 is 1.11 bits per heavy atom. The van der Waals surface area contributed by atoms with Gasteiger partial charge in [-0.3, -0.25) is 4.98 Å². The molecule has 2 heteroatoms. The Kier molecular flexibility index (Phi) is 4.69. The lowest BCUT2D eigenvalue weighted by Gasteiger charge is -2.18. The summed E-state index contributed by atoms with van der Waals surface area (Å²) >= 11 is 0. The lowest BCUT2D eigenvalue weighted by Crippen LogP contribution is -2.19. The van der Waals surface area contributed by atoms with E-state index in [1.807, 2.05) is 19.4 Å². The van der Waals surface area contributed by atoms with Gasteiger partial charge in [0, 0.05) is 18.4 Å². The van der Waals surface area contributed by atoms with Gasteiger partial charge in [0.05, 0.1) is 0 Å². The predicted octanol–water partition coefficient (Wildman–Crippen LogP) is 3.46. The average molecular weight is 254 g/mol. The Bertz CT molecular complexity index is 517. The molecule has 0 bridgehead atoms. The Morgan fingerprint density at radius 3 is 2.37 bits per heavy atom. The number of benzene rings is 1. The molecule has 2 nitrogen and oxygen atoms in total. The van der Waals surface area contributed by atoms with Gasteiger partial charge in [-0.2, -0.15) is 0 Å². The molecule has 0 aliphatic carbocycles. The number of rotatable bonds is 5. The van der Waals surface area contributed by atoms with Crippen LogP contribution in [0.2, 0.25) is 0 Å². The lowest BCUT2D eigenvalue weighted by molar-refractivity contribution is 0.588. The van der Waals surface area contributed by atoms with Gasteiger partial charge in [-0.1, -0.05) is 31.2 Å². The summed E-state index contributed by atoms with van der Waals surface area (Å²) in [6.07, 6.45) is 5.90. The Labute approximate surface area is 115 Å². The molecule has 1 N–H and O–H groups in total. The van der Waals surface area contributed by atoms with E-state index in [4.69, 9.17) is 0 Å². The molecule has 2 rings (SSSR count). The van der Waals surface area contributed by atoms with Crippen LogP contribution < -0.4 is 5.32 Å². The molecule has 1 aromatic carbocycles. The minimum Gasteiger partial charge on any atom is -0.313 e. The fraction of sp³-hybridized carbons (Fsp3) is 0.353. The number of likely N-dealkylation sites (N-methyl/N-ethyl adjacent to an activating group) is 1. The topological polar surface area (TPSA) is 24.9 Å². The molecule has 19 heavy (non-hydrogen) atoms. The van der Waals surface area contributed by atoms with E-state index in [0.29, 0.717) is 6.04 Å². The molecule has 100 valence electrons. The summed E-state index contributed by atoms with van der Waals surface area (Å²) < 4.78 is 0. The summed E-state index contributed by atoms with van der Waals surface area (Å²) in [5.41, 5.74) is 5.33. The summed E-state index contributed by atoms with van der Waals surface area (Å²) in [5, 5.41) is 3.41. The number of aryl methyl sites for hydroxylation is 2. The third-order valence-corrected chi connectivity index (χ3v) is 3.66. The van der Waals surface area contributed by atoms with Crippen LogP contribution in [0.25, 0.3) is 0 Å². The zero-order valence-corrected chi connectivity index (χ0v) is 12.0. The van der Waals surface area contributed by atoms with Gasteiger partial charge in [0.1, 0.15) is 0 Å². The third kappa shape index (κ3) is 3.42. The molecule has 0 saturated carbocycles. The molecule has 0 aliphatic heterocycles. The van der Waals surface area contributed by atoms with Crippen molar-refractivity contribution in [2.45, 2.75) is 32.7 Å². The lowest BCUT2D eigenvalue weighted by atomic mass is 9.96. The number of aromatic nitrogens is 1. The van der Waals surface area contributed by atoms with Gasteiger partial charge in [0.15, 0.2) is 0 Å². The molecule has 1 aromatic heterocycles. The van der Waals surface area contributed by atoms with E-state index in [9.17, 15) is 0 Å². The van der Waals surface area contributed by atoms with Gasteiger partial charge in [-0.05, 0) is 55.1 Å². The summed E-state index contributed by atoms with van der Waals surface area (Å²) in [6.45, 7) is 4.30. The SMILES string of the molecule is CCc1ccc(CC(NC)c2ccncc2C)cc1. The maximum absolute atomic E-state index is 4.16. The van der Waals surface area contributed by atoms with Crippen LogP contribution >= 0.6 is 0 Å². The van der Waals surface area contributed by atoms with E-state index in [0.717, 1.165) is 12.8 Å². The van der Waals surface area contributed by atoms with Crippen LogP contribution in [0, 0.1) is 6.92 Å². The van der Waals surface area contributed by atoms with E-state index in [2.05, 4.69) is 54.5 Å². The maximum atomic E-state index is 4.16. The Morgan fingerprint density at radius 2 is 1.79 bits per heavy atom. The minimum atomic E-state index is 0.343. The van der Waals surface area contributed by atoms with Crippen molar-refractivity contribution in [2.24, 2.45) is 0 Å². The van der Waals surface area contributed by atoms with Crippen LogP contribution in [-0.4, -0.2) is 12.0 Å². The first-order chi connectivity index (χ1) is 9.24. The van der Waals surface area contributed by atoms with Crippen molar-refractivity contribution in [3.05, 3.63) is 65.0 Å². The van der Waals surface area contributed by atoms with Crippen molar-refractivity contribution in [2.75, 3.05) is 7.05 Å². The van der Waals surface area contributed by atoms with Gasteiger partial charge >= 0.3 is 0 Å². The molecule has 1 unspecified atom stereocenters. The molecule has 0 saturated heterocycles. The second-order valence-corrected chi connectivity index (χ2v) is 4.95. The fourth-order valence-electron chi connectivity index (χ4n) is 2.39. The highest BCUT2D eigenvalue weighted by Gasteiger charge is 2.12. The van der Waals surface area contributed by atoms with E-state index >= 15 is 0 Å². The summed E-state index contributed by atoms with van der Waals surface area (Å²) in [4.78, 5) is 4.16. The molecular formula is C17H22N2. The van der Waals surface area contributed by atoms with Gasteiger partial charge < -0.3 is 5.32 Å². The first-order valence-corrected chi connectivity index (χ1v) is 6.90. The first kappa shape index (κ1) is 13.8. The predicted molar refractivity (Wildman–Crippen MR) is 80.3 cm³/mol. The first-order valence-electron chi connectivity index (χ1n) is 6.90. The normalized spacial score (nSPS) is 12.4. The quantitative estimate of drug-likeness (QED) is 0.884. The van der Waals surface area contributed by atoms with Crippen LogP contribution in [0.5, 0.6) is 0 Å². The average Bonchev–Trinajstić information content (AvgIpc) is 2.46. The second kappa shape index (κ2) is 6.48. The zero-order chi connectivity index (χ0) is 13.7. The number of nitrogens with one attached hydrogen (secondary N) is 1.